The van der Waals surface area contributed by atoms with Gasteiger partial charge in [-0.2, -0.15) is 0 Å². The summed E-state index contributed by atoms with van der Waals surface area (Å²) in [4.78, 5) is 0. The monoisotopic (exact) mass is 243 g/mol. The van der Waals surface area contributed by atoms with E-state index in [1.54, 1.807) is 0 Å². The predicted octanol–water partition coefficient (Wildman–Crippen LogP) is 1.34. The highest BCUT2D eigenvalue weighted by Crippen LogP contribution is 2.25. The molecule has 3 nitrogen and oxygen atoms in total. The third-order valence-corrected chi connectivity index (χ3v) is 4.80. The molecule has 0 heterocycles. The maximum Gasteiger partial charge on any atom is 0.150 e. The molecule has 4 heteroatoms. The summed E-state index contributed by atoms with van der Waals surface area (Å²) in [7, 11) is -2.91. The normalized spacial score (nSPS) is 27.4. The van der Waals surface area contributed by atoms with Crippen LogP contribution in [0.15, 0.2) is 0 Å². The zero-order valence-electron chi connectivity index (χ0n) is 10.3. The second-order valence-electron chi connectivity index (χ2n) is 5.23. The van der Waals surface area contributed by atoms with Crippen LogP contribution in [0.5, 0.6) is 0 Å². The molecule has 0 aliphatic heterocycles. The van der Waals surface area contributed by atoms with E-state index in [0.29, 0.717) is 6.42 Å². The van der Waals surface area contributed by atoms with Crippen molar-refractivity contribution in [1.82, 2.24) is 5.32 Å². The lowest BCUT2D eigenvalue weighted by atomic mass is 9.92. The Labute approximate surface area is 98.9 Å². The van der Waals surface area contributed by atoms with Crippen molar-refractivity contribution in [3.63, 3.8) is 0 Å². The van der Waals surface area contributed by atoms with Gasteiger partial charge in [0.2, 0.25) is 0 Å². The van der Waals surface area contributed by atoms with Gasteiger partial charge in [-0.15, -0.1) is 6.42 Å². The third-order valence-electron chi connectivity index (χ3n) is 3.16. The van der Waals surface area contributed by atoms with E-state index in [0.717, 1.165) is 19.3 Å². The van der Waals surface area contributed by atoms with Gasteiger partial charge in [-0.1, -0.05) is 12.3 Å². The first-order chi connectivity index (χ1) is 7.24. The summed E-state index contributed by atoms with van der Waals surface area (Å²) in [5, 5.41) is 3.14. The van der Waals surface area contributed by atoms with E-state index in [9.17, 15) is 8.42 Å². The minimum Gasteiger partial charge on any atom is -0.299 e. The average Bonchev–Trinajstić information content (AvgIpc) is 2.16. The lowest BCUT2D eigenvalue weighted by molar-refractivity contribution is 0.321. The molecule has 0 amide bonds. The summed E-state index contributed by atoms with van der Waals surface area (Å²) in [6, 6.07) is 0.222. The van der Waals surface area contributed by atoms with E-state index < -0.39 is 9.84 Å². The van der Waals surface area contributed by atoms with E-state index in [4.69, 9.17) is 6.42 Å². The molecule has 1 aliphatic rings. The predicted molar refractivity (Wildman–Crippen MR) is 66.9 cm³/mol. The fraction of sp³-hybridized carbons (Fsp3) is 0.833. The molecule has 2 atom stereocenters. The molecular weight excluding hydrogens is 222 g/mol. The van der Waals surface area contributed by atoms with E-state index >= 15 is 0 Å². The van der Waals surface area contributed by atoms with Gasteiger partial charge in [0.15, 0.2) is 0 Å². The van der Waals surface area contributed by atoms with Gasteiger partial charge in [0.25, 0.3) is 0 Å². The number of sulfone groups is 1. The highest BCUT2D eigenvalue weighted by atomic mass is 32.2. The van der Waals surface area contributed by atoms with Gasteiger partial charge in [0, 0.05) is 12.3 Å². The molecule has 0 bridgehead atoms. The number of hydrogen-bond acceptors (Lipinski definition) is 3. The lowest BCUT2D eigenvalue weighted by Crippen LogP contribution is -2.48. The number of hydrogen-bond donors (Lipinski definition) is 1. The Balaban J connectivity index is 2.63. The quantitative estimate of drug-likeness (QED) is 0.761. The molecule has 0 aromatic carbocycles. The Kier molecular flexibility index (Phi) is 4.03. The molecule has 2 unspecified atom stereocenters. The molecule has 0 aromatic rings. The van der Waals surface area contributed by atoms with Crippen molar-refractivity contribution in [2.75, 3.05) is 6.26 Å². The van der Waals surface area contributed by atoms with Crippen LogP contribution in [-0.4, -0.2) is 31.5 Å². The molecule has 1 fully saturated rings. The highest BCUT2D eigenvalue weighted by Gasteiger charge is 2.30. The first-order valence-electron chi connectivity index (χ1n) is 5.69. The maximum absolute atomic E-state index is 11.5. The summed E-state index contributed by atoms with van der Waals surface area (Å²) in [6.07, 6.45) is 10.2. The third kappa shape index (κ3) is 3.80. The second kappa shape index (κ2) is 4.77. The number of terminal acetylenes is 1. The Morgan fingerprint density at radius 2 is 2.00 bits per heavy atom. The minimum absolute atomic E-state index is 0.202. The molecule has 0 radical (unpaired) electrons. The molecule has 92 valence electrons. The first kappa shape index (κ1) is 13.5. The number of rotatable bonds is 3. The fourth-order valence-electron chi connectivity index (χ4n) is 2.22. The van der Waals surface area contributed by atoms with Crippen molar-refractivity contribution >= 4 is 9.84 Å². The van der Waals surface area contributed by atoms with Crippen LogP contribution in [0.2, 0.25) is 0 Å². The second-order valence-corrected chi connectivity index (χ2v) is 7.55. The SMILES string of the molecule is C#CC(C)(C)NC1CCCC(S(C)(=O)=O)C1. The zero-order chi connectivity index (χ0) is 12.4. The van der Waals surface area contributed by atoms with E-state index in [-0.39, 0.29) is 16.8 Å². The molecule has 16 heavy (non-hydrogen) atoms. The van der Waals surface area contributed by atoms with Crippen LogP contribution in [0, 0.1) is 12.3 Å². The molecule has 1 rings (SSSR count). The van der Waals surface area contributed by atoms with Crippen molar-refractivity contribution in [2.45, 2.75) is 56.4 Å². The molecule has 1 N–H and O–H groups in total. The van der Waals surface area contributed by atoms with Crippen LogP contribution < -0.4 is 5.32 Å². The smallest absolute Gasteiger partial charge is 0.150 e. The first-order valence-corrected chi connectivity index (χ1v) is 7.64. The van der Waals surface area contributed by atoms with Gasteiger partial charge in [-0.25, -0.2) is 8.42 Å². The Hall–Kier alpha value is -0.530. The zero-order valence-corrected chi connectivity index (χ0v) is 11.1. The van der Waals surface area contributed by atoms with Crippen LogP contribution in [0.1, 0.15) is 39.5 Å². The van der Waals surface area contributed by atoms with Crippen molar-refractivity contribution in [3.05, 3.63) is 0 Å². The molecule has 1 saturated carbocycles. The molecule has 1 aliphatic carbocycles. The van der Waals surface area contributed by atoms with Crippen LogP contribution >= 0.6 is 0 Å². The summed E-state index contributed by atoms with van der Waals surface area (Å²) < 4.78 is 23.0. The molecule has 0 spiro atoms. The molecular formula is C12H21NO2S. The van der Waals surface area contributed by atoms with E-state index in [2.05, 4.69) is 11.2 Å². The molecule has 0 aromatic heterocycles. The Morgan fingerprint density at radius 1 is 1.38 bits per heavy atom. The van der Waals surface area contributed by atoms with Crippen LogP contribution in [0.3, 0.4) is 0 Å². The maximum atomic E-state index is 11.5. The summed E-state index contributed by atoms with van der Waals surface area (Å²) >= 11 is 0. The van der Waals surface area contributed by atoms with Crippen LogP contribution in [0.25, 0.3) is 0 Å². The van der Waals surface area contributed by atoms with Crippen LogP contribution in [-0.2, 0) is 9.84 Å². The van der Waals surface area contributed by atoms with Gasteiger partial charge in [-0.05, 0) is 33.1 Å². The summed E-state index contributed by atoms with van der Waals surface area (Å²) in [5.74, 6) is 2.68. The van der Waals surface area contributed by atoms with Crippen molar-refractivity contribution < 1.29 is 8.42 Å². The topological polar surface area (TPSA) is 46.2 Å². The fourth-order valence-corrected chi connectivity index (χ4v) is 3.39. The standard InChI is InChI=1S/C12H21NO2S/c1-5-12(2,3)13-10-7-6-8-11(9-10)16(4,14)15/h1,10-11,13H,6-9H2,2-4H3. The Morgan fingerprint density at radius 3 is 2.50 bits per heavy atom. The van der Waals surface area contributed by atoms with Gasteiger partial charge in [0.1, 0.15) is 9.84 Å². The van der Waals surface area contributed by atoms with Gasteiger partial charge < -0.3 is 0 Å². The molecule has 0 saturated heterocycles. The number of nitrogens with one attached hydrogen (secondary N) is 1. The average molecular weight is 243 g/mol. The summed E-state index contributed by atoms with van der Waals surface area (Å²) in [6.45, 7) is 3.88. The van der Waals surface area contributed by atoms with Gasteiger partial charge in [0.05, 0.1) is 10.8 Å². The summed E-state index contributed by atoms with van der Waals surface area (Å²) in [5.41, 5.74) is -0.357. The van der Waals surface area contributed by atoms with Gasteiger partial charge >= 0.3 is 0 Å². The Bertz CT molecular complexity index is 378. The van der Waals surface area contributed by atoms with Crippen LogP contribution in [0.4, 0.5) is 0 Å². The lowest BCUT2D eigenvalue weighted by Gasteiger charge is -2.33. The minimum atomic E-state index is -2.91. The van der Waals surface area contributed by atoms with Crippen molar-refractivity contribution in [3.8, 4) is 12.3 Å². The van der Waals surface area contributed by atoms with Crippen molar-refractivity contribution in [1.29, 1.82) is 0 Å². The van der Waals surface area contributed by atoms with Crippen molar-refractivity contribution in [2.24, 2.45) is 0 Å². The van der Waals surface area contributed by atoms with E-state index in [1.807, 2.05) is 13.8 Å². The van der Waals surface area contributed by atoms with Gasteiger partial charge in [-0.3, -0.25) is 5.32 Å². The largest absolute Gasteiger partial charge is 0.299 e. The van der Waals surface area contributed by atoms with E-state index in [1.165, 1.54) is 6.26 Å². The highest BCUT2D eigenvalue weighted by molar-refractivity contribution is 7.91.